The van der Waals surface area contributed by atoms with Gasteiger partial charge in [0, 0.05) is 0 Å². The molecule has 0 fully saturated rings. The summed E-state index contributed by atoms with van der Waals surface area (Å²) in [6, 6.07) is 2.13. The maximum atomic E-state index is 13.5. The molecule has 104 valence electrons. The van der Waals surface area contributed by atoms with Crippen LogP contribution in [0.3, 0.4) is 0 Å². The van der Waals surface area contributed by atoms with E-state index >= 15 is 0 Å². The summed E-state index contributed by atoms with van der Waals surface area (Å²) >= 11 is 0. The number of alkyl halides is 3. The smallest absolute Gasteiger partial charge is 0.419 e. The third-order valence-electron chi connectivity index (χ3n) is 1.91. The molecule has 19 heavy (non-hydrogen) atoms. The van der Waals surface area contributed by atoms with Crippen molar-refractivity contribution in [2.45, 2.75) is 6.18 Å². The Morgan fingerprint density at radius 2 is 1.95 bits per heavy atom. The summed E-state index contributed by atoms with van der Waals surface area (Å²) in [4.78, 5) is 25.5. The van der Waals surface area contributed by atoms with E-state index in [9.17, 15) is 27.2 Å². The van der Waals surface area contributed by atoms with Crippen molar-refractivity contribution in [2.75, 3.05) is 6.61 Å². The van der Waals surface area contributed by atoms with Crippen LogP contribution >= 0.6 is 0 Å². The van der Waals surface area contributed by atoms with Crippen molar-refractivity contribution in [3.63, 3.8) is 0 Å². The van der Waals surface area contributed by atoms with Crippen molar-refractivity contribution in [1.29, 1.82) is 0 Å². The Hall–Kier alpha value is -2.16. The summed E-state index contributed by atoms with van der Waals surface area (Å²) in [5.74, 6) is -4.49. The predicted molar refractivity (Wildman–Crippen MR) is 52.5 cm³/mol. The average molecular weight is 281 g/mol. The molecule has 0 atom stereocenters. The molecule has 0 aliphatic carbocycles. The number of carbonyl (C=O) groups excluding carboxylic acids is 1. The molecule has 1 aromatic rings. The van der Waals surface area contributed by atoms with Gasteiger partial charge in [0.1, 0.15) is 5.82 Å². The number of nitrogens with one attached hydrogen (secondary N) is 1. The number of aliphatic carboxylic acids is 1. The van der Waals surface area contributed by atoms with Gasteiger partial charge >= 0.3 is 12.1 Å². The predicted octanol–water partition coefficient (Wildman–Crippen LogP) is 1.59. The molecule has 0 aliphatic heterocycles. The molecule has 1 amide bonds. The number of carboxylic acids is 1. The first kappa shape index (κ1) is 14.9. The first-order valence-corrected chi connectivity index (χ1v) is 4.73. The number of hydroxylamine groups is 1. The number of rotatable bonds is 4. The minimum atomic E-state index is -4.94. The summed E-state index contributed by atoms with van der Waals surface area (Å²) in [6.07, 6.45) is -4.94. The topological polar surface area (TPSA) is 75.6 Å². The van der Waals surface area contributed by atoms with Crippen LogP contribution in [0.25, 0.3) is 0 Å². The Bertz CT molecular complexity index is 501. The Kier molecular flexibility index (Phi) is 4.43. The standard InChI is InChI=1S/C10H7F4NO4/c11-8-5(9(18)15-19-4-7(16)17)2-1-3-6(8)10(12,13)14/h1-3H,4H2,(H,15,18)(H,16,17). The van der Waals surface area contributed by atoms with E-state index in [1.54, 1.807) is 0 Å². The zero-order valence-corrected chi connectivity index (χ0v) is 9.12. The van der Waals surface area contributed by atoms with Crippen LogP contribution in [-0.2, 0) is 15.8 Å². The van der Waals surface area contributed by atoms with Gasteiger partial charge in [0.2, 0.25) is 0 Å². The van der Waals surface area contributed by atoms with E-state index in [1.165, 1.54) is 5.48 Å². The molecular formula is C10H7F4NO4. The molecule has 0 bridgehead atoms. The lowest BCUT2D eigenvalue weighted by Gasteiger charge is -2.10. The highest BCUT2D eigenvalue weighted by Gasteiger charge is 2.35. The van der Waals surface area contributed by atoms with E-state index in [1.807, 2.05) is 0 Å². The van der Waals surface area contributed by atoms with Gasteiger partial charge < -0.3 is 5.11 Å². The first-order chi connectivity index (χ1) is 8.73. The molecule has 5 nitrogen and oxygen atoms in total. The van der Waals surface area contributed by atoms with E-state index in [0.29, 0.717) is 6.07 Å². The van der Waals surface area contributed by atoms with Gasteiger partial charge in [0.05, 0.1) is 11.1 Å². The molecule has 0 radical (unpaired) electrons. The third kappa shape index (κ3) is 3.91. The van der Waals surface area contributed by atoms with Crippen LogP contribution in [0, 0.1) is 5.82 Å². The second kappa shape index (κ2) is 5.65. The molecule has 9 heteroatoms. The Balaban J connectivity index is 2.90. The van der Waals surface area contributed by atoms with Crippen LogP contribution in [0.4, 0.5) is 17.6 Å². The van der Waals surface area contributed by atoms with E-state index in [4.69, 9.17) is 5.11 Å². The fourth-order valence-electron chi connectivity index (χ4n) is 1.14. The van der Waals surface area contributed by atoms with Crippen molar-refractivity contribution >= 4 is 11.9 Å². The molecule has 0 saturated carbocycles. The molecule has 1 rings (SSSR count). The highest BCUT2D eigenvalue weighted by atomic mass is 19.4. The summed E-state index contributed by atoms with van der Waals surface area (Å²) in [5, 5.41) is 8.20. The summed E-state index contributed by atoms with van der Waals surface area (Å²) < 4.78 is 50.6. The van der Waals surface area contributed by atoms with Crippen LogP contribution in [0.2, 0.25) is 0 Å². The van der Waals surface area contributed by atoms with Crippen molar-refractivity contribution in [3.8, 4) is 0 Å². The number of hydrogen-bond acceptors (Lipinski definition) is 3. The fraction of sp³-hybridized carbons (Fsp3) is 0.200. The number of hydrogen-bond donors (Lipinski definition) is 2. The quantitative estimate of drug-likeness (QED) is 0.649. The van der Waals surface area contributed by atoms with Gasteiger partial charge in [-0.05, 0) is 12.1 Å². The third-order valence-corrected chi connectivity index (χ3v) is 1.91. The molecule has 0 aromatic heterocycles. The van der Waals surface area contributed by atoms with E-state index in [0.717, 1.165) is 12.1 Å². The average Bonchev–Trinajstić information content (AvgIpc) is 2.26. The Morgan fingerprint density at radius 3 is 2.47 bits per heavy atom. The van der Waals surface area contributed by atoms with Gasteiger partial charge in [-0.2, -0.15) is 13.2 Å². The number of halogens is 4. The zero-order valence-electron chi connectivity index (χ0n) is 9.12. The molecular weight excluding hydrogens is 274 g/mol. The molecule has 0 heterocycles. The van der Waals surface area contributed by atoms with Crippen molar-refractivity contribution < 1.29 is 37.1 Å². The van der Waals surface area contributed by atoms with Crippen LogP contribution in [-0.4, -0.2) is 23.6 Å². The molecule has 0 saturated heterocycles. The molecule has 2 N–H and O–H groups in total. The lowest BCUT2D eigenvalue weighted by molar-refractivity contribution is -0.144. The Labute approximate surface area is 103 Å². The number of carbonyl (C=O) groups is 2. The number of amides is 1. The molecule has 0 unspecified atom stereocenters. The molecule has 0 aliphatic rings. The van der Waals surface area contributed by atoms with E-state index in [-0.39, 0.29) is 0 Å². The van der Waals surface area contributed by atoms with Crippen LogP contribution in [0.15, 0.2) is 18.2 Å². The van der Waals surface area contributed by atoms with Crippen molar-refractivity contribution in [1.82, 2.24) is 5.48 Å². The van der Waals surface area contributed by atoms with Crippen LogP contribution in [0.1, 0.15) is 15.9 Å². The zero-order chi connectivity index (χ0) is 14.6. The van der Waals surface area contributed by atoms with Gasteiger partial charge in [-0.3, -0.25) is 9.63 Å². The second-order valence-electron chi connectivity index (χ2n) is 3.28. The maximum Gasteiger partial charge on any atom is 0.419 e. The maximum absolute atomic E-state index is 13.5. The van der Waals surface area contributed by atoms with Gasteiger partial charge in [0.25, 0.3) is 5.91 Å². The molecule has 0 spiro atoms. The molecule has 1 aromatic carbocycles. The van der Waals surface area contributed by atoms with E-state index < -0.39 is 41.6 Å². The van der Waals surface area contributed by atoms with Gasteiger partial charge in [-0.1, -0.05) is 6.07 Å². The van der Waals surface area contributed by atoms with Gasteiger partial charge in [-0.25, -0.2) is 14.7 Å². The van der Waals surface area contributed by atoms with Crippen molar-refractivity contribution in [3.05, 3.63) is 35.1 Å². The van der Waals surface area contributed by atoms with Crippen molar-refractivity contribution in [2.24, 2.45) is 0 Å². The highest BCUT2D eigenvalue weighted by molar-refractivity contribution is 5.94. The lowest BCUT2D eigenvalue weighted by atomic mass is 10.1. The normalized spacial score (nSPS) is 11.2. The summed E-state index contributed by atoms with van der Waals surface area (Å²) in [6.45, 7) is -0.910. The minimum absolute atomic E-state index is 0.476. The summed E-state index contributed by atoms with van der Waals surface area (Å²) in [7, 11) is 0. The van der Waals surface area contributed by atoms with Gasteiger partial charge in [-0.15, -0.1) is 0 Å². The highest BCUT2D eigenvalue weighted by Crippen LogP contribution is 2.32. The van der Waals surface area contributed by atoms with Crippen LogP contribution < -0.4 is 5.48 Å². The summed E-state index contributed by atoms with van der Waals surface area (Å²) in [5.41, 5.74) is -0.979. The Morgan fingerprint density at radius 1 is 1.32 bits per heavy atom. The largest absolute Gasteiger partial charge is 0.479 e. The van der Waals surface area contributed by atoms with E-state index in [2.05, 4.69) is 4.84 Å². The van der Waals surface area contributed by atoms with Crippen LogP contribution in [0.5, 0.6) is 0 Å². The number of benzene rings is 1. The monoisotopic (exact) mass is 281 g/mol. The number of carboxylic acid groups (broad SMARTS) is 1. The van der Waals surface area contributed by atoms with Gasteiger partial charge in [0.15, 0.2) is 6.61 Å². The minimum Gasteiger partial charge on any atom is -0.479 e. The second-order valence-corrected chi connectivity index (χ2v) is 3.28. The SMILES string of the molecule is O=C(O)CONC(=O)c1cccc(C(F)(F)F)c1F. The fourth-order valence-corrected chi connectivity index (χ4v) is 1.14. The first-order valence-electron chi connectivity index (χ1n) is 4.73. The lowest BCUT2D eigenvalue weighted by Crippen LogP contribution is -2.28.